The third-order valence-electron chi connectivity index (χ3n) is 4.26. The second-order valence-corrected chi connectivity index (χ2v) is 6.29. The third-order valence-corrected chi connectivity index (χ3v) is 4.49. The van der Waals surface area contributed by atoms with E-state index >= 15 is 0 Å². The Hall–Kier alpha value is -1.06. The second kappa shape index (κ2) is 8.70. The molecule has 0 aromatic heterocycles. The van der Waals surface area contributed by atoms with E-state index < -0.39 is 0 Å². The minimum atomic E-state index is 0. The minimum Gasteiger partial charge on any atom is -0.369 e. The van der Waals surface area contributed by atoms with Gasteiger partial charge in [-0.25, -0.2) is 0 Å². The number of benzene rings is 2. The number of halogens is 2. The van der Waals surface area contributed by atoms with Crippen molar-refractivity contribution in [3.63, 3.8) is 0 Å². The monoisotopic (exact) mass is 351 g/mol. The van der Waals surface area contributed by atoms with Crippen LogP contribution in [0.15, 0.2) is 54.6 Å². The molecule has 1 aliphatic rings. The molecule has 4 heteroatoms. The van der Waals surface area contributed by atoms with Crippen molar-refractivity contribution in [2.75, 3.05) is 6.54 Å². The van der Waals surface area contributed by atoms with Crippen molar-refractivity contribution < 1.29 is 4.74 Å². The van der Waals surface area contributed by atoms with Crippen LogP contribution in [0.3, 0.4) is 0 Å². The molecule has 0 amide bonds. The lowest BCUT2D eigenvalue weighted by Crippen LogP contribution is -2.39. The molecule has 2 aromatic carbocycles. The van der Waals surface area contributed by atoms with Crippen LogP contribution in [0.4, 0.5) is 0 Å². The summed E-state index contributed by atoms with van der Waals surface area (Å²) in [5.41, 5.74) is 2.43. The molecule has 0 bridgehead atoms. The maximum absolute atomic E-state index is 6.38. The largest absolute Gasteiger partial charge is 0.369 e. The van der Waals surface area contributed by atoms with E-state index in [0.717, 1.165) is 30.0 Å². The molecule has 1 N–H and O–H groups in total. The van der Waals surface area contributed by atoms with Gasteiger partial charge in [0.25, 0.3) is 0 Å². The van der Waals surface area contributed by atoms with Crippen LogP contribution >= 0.6 is 24.0 Å². The van der Waals surface area contributed by atoms with E-state index in [0.29, 0.717) is 0 Å². The Bertz CT molecular complexity index is 605. The molecule has 124 valence electrons. The third kappa shape index (κ3) is 4.71. The van der Waals surface area contributed by atoms with Crippen LogP contribution in [-0.4, -0.2) is 12.6 Å². The van der Waals surface area contributed by atoms with E-state index in [1.165, 1.54) is 5.56 Å². The normalized spacial score (nSPS) is 22.2. The summed E-state index contributed by atoms with van der Waals surface area (Å²) < 4.78 is 6.38. The van der Waals surface area contributed by atoms with Crippen molar-refractivity contribution in [2.45, 2.75) is 38.0 Å². The predicted molar refractivity (Wildman–Crippen MR) is 98.4 cm³/mol. The molecular formula is C19H23Cl2NO. The maximum atomic E-state index is 6.38. The highest BCUT2D eigenvalue weighted by molar-refractivity contribution is 6.30. The molecule has 0 spiro atoms. The molecule has 0 radical (unpaired) electrons. The highest BCUT2D eigenvalue weighted by Gasteiger charge is 2.28. The Kier molecular flexibility index (Phi) is 6.91. The first-order chi connectivity index (χ1) is 10.7. The van der Waals surface area contributed by atoms with Gasteiger partial charge in [0.1, 0.15) is 0 Å². The lowest BCUT2D eigenvalue weighted by molar-refractivity contribution is -0.0392. The standard InChI is InChI=1S/C19H22ClNO.ClH/c1-14(16-9-5-10-17(20)13-16)22-18-11-6-12-21-19(18)15-7-3-2-4-8-15;/h2-5,7-10,13-14,18-19,21H,6,11-12H2,1H3;1H/t14?,18-,19-;/m0./s1. The van der Waals surface area contributed by atoms with Gasteiger partial charge in [0.15, 0.2) is 0 Å². The van der Waals surface area contributed by atoms with E-state index in [2.05, 4.69) is 48.6 Å². The smallest absolute Gasteiger partial charge is 0.0802 e. The summed E-state index contributed by atoms with van der Waals surface area (Å²) in [6.07, 6.45) is 2.45. The molecule has 1 unspecified atom stereocenters. The van der Waals surface area contributed by atoms with E-state index in [4.69, 9.17) is 16.3 Å². The molecule has 1 fully saturated rings. The summed E-state index contributed by atoms with van der Waals surface area (Å²) in [7, 11) is 0. The Morgan fingerprint density at radius 1 is 1.13 bits per heavy atom. The maximum Gasteiger partial charge on any atom is 0.0802 e. The number of hydrogen-bond acceptors (Lipinski definition) is 2. The molecule has 23 heavy (non-hydrogen) atoms. The fourth-order valence-electron chi connectivity index (χ4n) is 3.10. The molecule has 3 atom stereocenters. The molecule has 0 aliphatic carbocycles. The summed E-state index contributed by atoms with van der Waals surface area (Å²) in [5.74, 6) is 0. The topological polar surface area (TPSA) is 21.3 Å². The summed E-state index contributed by atoms with van der Waals surface area (Å²) in [4.78, 5) is 0. The predicted octanol–water partition coefficient (Wildman–Crippen LogP) is 5.33. The molecule has 2 aromatic rings. The van der Waals surface area contributed by atoms with Crippen molar-refractivity contribution >= 4 is 24.0 Å². The van der Waals surface area contributed by atoms with Crippen molar-refractivity contribution in [1.82, 2.24) is 5.32 Å². The summed E-state index contributed by atoms with van der Waals surface area (Å²) in [6.45, 7) is 3.15. The SMILES string of the molecule is CC(O[C@H]1CCCN[C@H]1c1ccccc1)c1cccc(Cl)c1.Cl. The van der Waals surface area contributed by atoms with Crippen LogP contribution in [0.2, 0.25) is 5.02 Å². The van der Waals surface area contributed by atoms with Gasteiger partial charge in [-0.2, -0.15) is 0 Å². The molecule has 0 saturated carbocycles. The molecule has 1 heterocycles. The van der Waals surface area contributed by atoms with Crippen molar-refractivity contribution in [3.05, 3.63) is 70.7 Å². The number of rotatable bonds is 4. The van der Waals surface area contributed by atoms with E-state index in [9.17, 15) is 0 Å². The highest BCUT2D eigenvalue weighted by atomic mass is 35.5. The summed E-state index contributed by atoms with van der Waals surface area (Å²) in [6, 6.07) is 18.8. The quantitative estimate of drug-likeness (QED) is 0.803. The number of piperidine rings is 1. The second-order valence-electron chi connectivity index (χ2n) is 5.86. The van der Waals surface area contributed by atoms with Gasteiger partial charge in [-0.3, -0.25) is 0 Å². The fourth-order valence-corrected chi connectivity index (χ4v) is 3.30. The number of ether oxygens (including phenoxy) is 1. The number of hydrogen-bond donors (Lipinski definition) is 1. The zero-order chi connectivity index (χ0) is 15.4. The fraction of sp³-hybridized carbons (Fsp3) is 0.368. The average Bonchev–Trinajstić information content (AvgIpc) is 2.56. The lowest BCUT2D eigenvalue weighted by atomic mass is 9.94. The lowest BCUT2D eigenvalue weighted by Gasteiger charge is -2.35. The van der Waals surface area contributed by atoms with Crippen LogP contribution < -0.4 is 5.32 Å². The van der Waals surface area contributed by atoms with Gasteiger partial charge in [-0.15, -0.1) is 12.4 Å². The van der Waals surface area contributed by atoms with Gasteiger partial charge in [-0.05, 0) is 49.6 Å². The Morgan fingerprint density at radius 3 is 2.65 bits per heavy atom. The van der Waals surface area contributed by atoms with Crippen molar-refractivity contribution in [2.24, 2.45) is 0 Å². The van der Waals surface area contributed by atoms with Crippen LogP contribution in [0, 0.1) is 0 Å². The zero-order valence-electron chi connectivity index (χ0n) is 13.2. The van der Waals surface area contributed by atoms with Gasteiger partial charge < -0.3 is 10.1 Å². The molecule has 1 aliphatic heterocycles. The van der Waals surface area contributed by atoms with Crippen LogP contribution in [0.1, 0.15) is 43.0 Å². The van der Waals surface area contributed by atoms with Crippen LogP contribution in [0.25, 0.3) is 0 Å². The van der Waals surface area contributed by atoms with Gasteiger partial charge in [0.05, 0.1) is 18.2 Å². The first-order valence-electron chi connectivity index (χ1n) is 7.93. The molecule has 3 rings (SSSR count). The van der Waals surface area contributed by atoms with Crippen LogP contribution in [0.5, 0.6) is 0 Å². The molecular weight excluding hydrogens is 329 g/mol. The van der Waals surface area contributed by atoms with Gasteiger partial charge in [0.2, 0.25) is 0 Å². The summed E-state index contributed by atoms with van der Waals surface area (Å²) >= 11 is 6.09. The van der Waals surface area contributed by atoms with Crippen LogP contribution in [-0.2, 0) is 4.74 Å². The first-order valence-corrected chi connectivity index (χ1v) is 8.31. The minimum absolute atomic E-state index is 0. The average molecular weight is 352 g/mol. The van der Waals surface area contributed by atoms with Crippen molar-refractivity contribution in [1.29, 1.82) is 0 Å². The number of nitrogens with one attached hydrogen (secondary N) is 1. The highest BCUT2D eigenvalue weighted by Crippen LogP contribution is 2.31. The van der Waals surface area contributed by atoms with Crippen molar-refractivity contribution in [3.8, 4) is 0 Å². The Balaban J connectivity index is 0.00000192. The summed E-state index contributed by atoms with van der Waals surface area (Å²) in [5, 5.41) is 4.36. The van der Waals surface area contributed by atoms with Gasteiger partial charge in [-0.1, -0.05) is 54.1 Å². The van der Waals surface area contributed by atoms with Gasteiger partial charge in [0, 0.05) is 5.02 Å². The zero-order valence-corrected chi connectivity index (χ0v) is 14.8. The molecule has 1 saturated heterocycles. The van der Waals surface area contributed by atoms with E-state index in [-0.39, 0.29) is 30.7 Å². The van der Waals surface area contributed by atoms with Gasteiger partial charge >= 0.3 is 0 Å². The Labute approximate surface area is 149 Å². The first kappa shape index (κ1) is 18.3. The van der Waals surface area contributed by atoms with E-state index in [1.54, 1.807) is 0 Å². The van der Waals surface area contributed by atoms with E-state index in [1.807, 2.05) is 18.2 Å². The Morgan fingerprint density at radius 2 is 1.91 bits per heavy atom. The molecule has 2 nitrogen and oxygen atoms in total.